The molecule has 0 unspecified atom stereocenters. The lowest BCUT2D eigenvalue weighted by atomic mass is 10.0. The van der Waals surface area contributed by atoms with Gasteiger partial charge in [0.05, 0.1) is 5.71 Å². The first-order valence-electron chi connectivity index (χ1n) is 4.82. The fraction of sp³-hybridized carbons (Fsp3) is 0.273. The quantitative estimate of drug-likeness (QED) is 0.834. The van der Waals surface area contributed by atoms with E-state index in [0.29, 0.717) is 5.84 Å². The average Bonchev–Trinajstić information content (AvgIpc) is 2.20. The van der Waals surface area contributed by atoms with E-state index in [2.05, 4.69) is 51.3 Å². The van der Waals surface area contributed by atoms with E-state index in [1.165, 1.54) is 5.56 Å². The Kier molecular flexibility index (Phi) is 2.86. The SMILES string of the molecule is Cc1ccc(C2=NN=C(N)CC2)c(Br)c1. The Bertz CT molecular complexity index is 449. The van der Waals surface area contributed by atoms with Gasteiger partial charge in [0, 0.05) is 16.5 Å². The lowest BCUT2D eigenvalue weighted by Crippen LogP contribution is -2.17. The van der Waals surface area contributed by atoms with Crippen molar-refractivity contribution in [3.63, 3.8) is 0 Å². The minimum Gasteiger partial charge on any atom is -0.386 e. The molecular weight excluding hydrogens is 254 g/mol. The maximum absolute atomic E-state index is 5.57. The maximum atomic E-state index is 5.57. The first-order chi connectivity index (χ1) is 7.16. The summed E-state index contributed by atoms with van der Waals surface area (Å²) in [5.41, 5.74) is 8.90. The zero-order chi connectivity index (χ0) is 10.8. The molecule has 0 aromatic heterocycles. The molecule has 1 aromatic carbocycles. The molecule has 0 saturated carbocycles. The van der Waals surface area contributed by atoms with Gasteiger partial charge in [-0.3, -0.25) is 0 Å². The Balaban J connectivity index is 2.38. The Morgan fingerprint density at radius 2 is 2.07 bits per heavy atom. The summed E-state index contributed by atoms with van der Waals surface area (Å²) >= 11 is 3.54. The lowest BCUT2D eigenvalue weighted by Gasteiger charge is -2.11. The maximum Gasteiger partial charge on any atom is 0.122 e. The summed E-state index contributed by atoms with van der Waals surface area (Å²) in [6, 6.07) is 6.22. The molecule has 15 heavy (non-hydrogen) atoms. The number of halogens is 1. The molecule has 78 valence electrons. The zero-order valence-electron chi connectivity index (χ0n) is 8.50. The smallest absolute Gasteiger partial charge is 0.122 e. The van der Waals surface area contributed by atoms with Crippen molar-refractivity contribution in [1.29, 1.82) is 0 Å². The molecule has 1 heterocycles. The lowest BCUT2D eigenvalue weighted by molar-refractivity contribution is 1.02. The molecule has 1 aliphatic rings. The molecule has 0 amide bonds. The van der Waals surface area contributed by atoms with Crippen LogP contribution < -0.4 is 5.73 Å². The monoisotopic (exact) mass is 265 g/mol. The molecule has 0 radical (unpaired) electrons. The van der Waals surface area contributed by atoms with Crippen LogP contribution >= 0.6 is 15.9 Å². The summed E-state index contributed by atoms with van der Waals surface area (Å²) in [5.74, 6) is 0.613. The third-order valence-corrected chi connectivity index (χ3v) is 3.01. The van der Waals surface area contributed by atoms with Crippen LogP contribution in [-0.2, 0) is 0 Å². The first-order valence-corrected chi connectivity index (χ1v) is 5.61. The van der Waals surface area contributed by atoms with Gasteiger partial charge in [-0.2, -0.15) is 5.10 Å². The highest BCUT2D eigenvalue weighted by atomic mass is 79.9. The van der Waals surface area contributed by atoms with Crippen molar-refractivity contribution in [3.05, 3.63) is 33.8 Å². The van der Waals surface area contributed by atoms with Crippen molar-refractivity contribution in [3.8, 4) is 0 Å². The third-order valence-electron chi connectivity index (χ3n) is 2.35. The van der Waals surface area contributed by atoms with Gasteiger partial charge in [-0.25, -0.2) is 0 Å². The predicted octanol–water partition coefficient (Wildman–Crippen LogP) is 2.61. The summed E-state index contributed by atoms with van der Waals surface area (Å²) in [4.78, 5) is 0. The van der Waals surface area contributed by atoms with Gasteiger partial charge in [-0.1, -0.05) is 28.1 Å². The summed E-state index contributed by atoms with van der Waals surface area (Å²) in [7, 11) is 0. The third kappa shape index (κ3) is 2.26. The second-order valence-corrected chi connectivity index (χ2v) is 4.48. The number of amidine groups is 1. The van der Waals surface area contributed by atoms with Crippen LogP contribution in [0.5, 0.6) is 0 Å². The van der Waals surface area contributed by atoms with E-state index < -0.39 is 0 Å². The van der Waals surface area contributed by atoms with Gasteiger partial charge in [0.2, 0.25) is 0 Å². The van der Waals surface area contributed by atoms with Crippen molar-refractivity contribution in [2.75, 3.05) is 0 Å². The Morgan fingerprint density at radius 3 is 2.67 bits per heavy atom. The second kappa shape index (κ2) is 4.14. The van der Waals surface area contributed by atoms with Crippen LogP contribution in [0.1, 0.15) is 24.0 Å². The van der Waals surface area contributed by atoms with Crippen LogP contribution in [0.2, 0.25) is 0 Å². The van der Waals surface area contributed by atoms with Crippen LogP contribution in [-0.4, -0.2) is 11.5 Å². The number of nitrogens with two attached hydrogens (primary N) is 1. The van der Waals surface area contributed by atoms with Crippen LogP contribution in [0.4, 0.5) is 0 Å². The molecule has 0 atom stereocenters. The molecule has 0 fully saturated rings. The average molecular weight is 266 g/mol. The number of rotatable bonds is 1. The summed E-state index contributed by atoms with van der Waals surface area (Å²) in [6.07, 6.45) is 1.65. The Hall–Kier alpha value is -1.16. The molecule has 0 spiro atoms. The van der Waals surface area contributed by atoms with Gasteiger partial charge in [-0.05, 0) is 25.0 Å². The van der Waals surface area contributed by atoms with E-state index in [0.717, 1.165) is 28.6 Å². The molecule has 2 rings (SSSR count). The van der Waals surface area contributed by atoms with E-state index in [1.807, 2.05) is 0 Å². The van der Waals surface area contributed by atoms with E-state index in [-0.39, 0.29) is 0 Å². The highest BCUT2D eigenvalue weighted by molar-refractivity contribution is 9.10. The normalized spacial score (nSPS) is 15.9. The summed E-state index contributed by atoms with van der Waals surface area (Å²) in [6.45, 7) is 2.06. The van der Waals surface area contributed by atoms with Crippen LogP contribution in [0, 0.1) is 6.92 Å². The van der Waals surface area contributed by atoms with Crippen molar-refractivity contribution in [2.45, 2.75) is 19.8 Å². The van der Waals surface area contributed by atoms with Crippen molar-refractivity contribution in [2.24, 2.45) is 15.9 Å². The number of aryl methyl sites for hydroxylation is 1. The van der Waals surface area contributed by atoms with Gasteiger partial charge in [-0.15, -0.1) is 5.10 Å². The van der Waals surface area contributed by atoms with E-state index in [9.17, 15) is 0 Å². The van der Waals surface area contributed by atoms with Gasteiger partial charge >= 0.3 is 0 Å². The molecule has 2 N–H and O–H groups in total. The Labute approximate surface area is 97.2 Å². The number of hydrogen-bond acceptors (Lipinski definition) is 3. The van der Waals surface area contributed by atoms with Crippen molar-refractivity contribution in [1.82, 2.24) is 0 Å². The molecular formula is C11H12BrN3. The predicted molar refractivity (Wildman–Crippen MR) is 66.3 cm³/mol. The van der Waals surface area contributed by atoms with Crippen LogP contribution in [0.25, 0.3) is 0 Å². The number of hydrogen-bond donors (Lipinski definition) is 1. The standard InChI is InChI=1S/C11H12BrN3/c1-7-2-3-8(9(12)6-7)10-4-5-11(13)15-14-10/h2-3,6H,4-5H2,1H3,(H2,13,15). The first kappa shape index (κ1) is 10.4. The fourth-order valence-corrected chi connectivity index (χ4v) is 2.24. The largest absolute Gasteiger partial charge is 0.386 e. The molecule has 3 nitrogen and oxygen atoms in total. The molecule has 1 aliphatic heterocycles. The summed E-state index contributed by atoms with van der Waals surface area (Å²) < 4.78 is 1.07. The minimum atomic E-state index is 0.613. The highest BCUT2D eigenvalue weighted by Crippen LogP contribution is 2.22. The van der Waals surface area contributed by atoms with E-state index in [1.54, 1.807) is 0 Å². The topological polar surface area (TPSA) is 50.7 Å². The zero-order valence-corrected chi connectivity index (χ0v) is 10.1. The molecule has 1 aromatic rings. The molecule has 0 aliphatic carbocycles. The summed E-state index contributed by atoms with van der Waals surface area (Å²) in [5, 5.41) is 8.03. The highest BCUT2D eigenvalue weighted by Gasteiger charge is 2.12. The van der Waals surface area contributed by atoms with Crippen LogP contribution in [0.3, 0.4) is 0 Å². The molecule has 4 heteroatoms. The molecule has 0 bridgehead atoms. The molecule has 0 saturated heterocycles. The van der Waals surface area contributed by atoms with Gasteiger partial charge in [0.25, 0.3) is 0 Å². The van der Waals surface area contributed by atoms with Gasteiger partial charge in [0.1, 0.15) is 5.84 Å². The second-order valence-electron chi connectivity index (χ2n) is 3.62. The fourth-order valence-electron chi connectivity index (χ4n) is 1.51. The van der Waals surface area contributed by atoms with Crippen LogP contribution in [0.15, 0.2) is 32.9 Å². The van der Waals surface area contributed by atoms with Gasteiger partial charge < -0.3 is 5.73 Å². The minimum absolute atomic E-state index is 0.613. The van der Waals surface area contributed by atoms with E-state index in [4.69, 9.17) is 5.73 Å². The number of nitrogens with zero attached hydrogens (tertiary/aromatic N) is 2. The van der Waals surface area contributed by atoms with Gasteiger partial charge in [0.15, 0.2) is 0 Å². The van der Waals surface area contributed by atoms with Crippen molar-refractivity contribution < 1.29 is 0 Å². The number of benzene rings is 1. The Morgan fingerprint density at radius 1 is 1.27 bits per heavy atom. The van der Waals surface area contributed by atoms with Crippen molar-refractivity contribution >= 4 is 27.5 Å². The van der Waals surface area contributed by atoms with E-state index >= 15 is 0 Å².